The molecular formula is C16H20O6. The van der Waals surface area contributed by atoms with E-state index in [2.05, 4.69) is 0 Å². The summed E-state index contributed by atoms with van der Waals surface area (Å²) in [5.74, 6) is 0.0984. The molecule has 1 aliphatic heterocycles. The van der Waals surface area contributed by atoms with Gasteiger partial charge in [-0.05, 0) is 37.5 Å². The predicted molar refractivity (Wildman–Crippen MR) is 81.0 cm³/mol. The highest BCUT2D eigenvalue weighted by atomic mass is 16.5. The molecule has 0 bridgehead atoms. The summed E-state index contributed by atoms with van der Waals surface area (Å²) < 4.78 is 9.95. The third kappa shape index (κ3) is 4.07. The van der Waals surface area contributed by atoms with E-state index in [4.69, 9.17) is 24.5 Å². The Labute approximate surface area is 127 Å². The van der Waals surface area contributed by atoms with Crippen LogP contribution >= 0.6 is 0 Å². The highest BCUT2D eigenvalue weighted by molar-refractivity contribution is 5.81. The van der Waals surface area contributed by atoms with Crippen molar-refractivity contribution < 1.29 is 24.5 Å². The molecule has 22 heavy (non-hydrogen) atoms. The minimum absolute atomic E-state index is 0.0683. The van der Waals surface area contributed by atoms with Crippen molar-refractivity contribution in [1.82, 2.24) is 0 Å². The average Bonchev–Trinajstić information content (AvgIpc) is 2.47. The van der Waals surface area contributed by atoms with Crippen molar-refractivity contribution in [2.45, 2.75) is 32.0 Å². The van der Waals surface area contributed by atoms with E-state index in [1.54, 1.807) is 12.1 Å². The quantitative estimate of drug-likeness (QED) is 0.687. The van der Waals surface area contributed by atoms with Gasteiger partial charge in [0.1, 0.15) is 17.4 Å². The Hall–Kier alpha value is -1.89. The Morgan fingerprint density at radius 1 is 1.32 bits per heavy atom. The highest BCUT2D eigenvalue weighted by Crippen LogP contribution is 2.20. The van der Waals surface area contributed by atoms with Crippen molar-refractivity contribution in [3.63, 3.8) is 0 Å². The molecule has 1 saturated heterocycles. The van der Waals surface area contributed by atoms with Crippen molar-refractivity contribution >= 4 is 11.0 Å². The summed E-state index contributed by atoms with van der Waals surface area (Å²) in [4.78, 5) is 11.0. The van der Waals surface area contributed by atoms with Crippen LogP contribution in [0.25, 0.3) is 11.0 Å². The van der Waals surface area contributed by atoms with Crippen molar-refractivity contribution in [3.05, 3.63) is 40.2 Å². The van der Waals surface area contributed by atoms with E-state index >= 15 is 0 Å². The fourth-order valence-corrected chi connectivity index (χ4v) is 2.31. The number of ether oxygens (including phenoxy) is 1. The zero-order valence-electron chi connectivity index (χ0n) is 12.4. The summed E-state index contributed by atoms with van der Waals surface area (Å²) in [6.07, 6.45) is 0.866. The first-order chi connectivity index (χ1) is 10.5. The standard InChI is InChI=1S/C10H8O3.C6H12O3/c1-6-4-10(12)13-9-5-7(11)2-3-8(6)9;7-4-6-5(8)2-1-3-9-6/h2-5,11H,1H3;5-8H,1-4H2. The van der Waals surface area contributed by atoms with Gasteiger partial charge in [-0.15, -0.1) is 0 Å². The number of hydrogen-bond donors (Lipinski definition) is 3. The van der Waals surface area contributed by atoms with Crippen LogP contribution in [-0.4, -0.2) is 40.7 Å². The van der Waals surface area contributed by atoms with Gasteiger partial charge in [0.05, 0.1) is 12.7 Å². The lowest BCUT2D eigenvalue weighted by Crippen LogP contribution is -2.36. The largest absolute Gasteiger partial charge is 0.508 e. The highest BCUT2D eigenvalue weighted by Gasteiger charge is 2.22. The molecule has 2 aromatic rings. The van der Waals surface area contributed by atoms with Gasteiger partial charge >= 0.3 is 5.63 Å². The van der Waals surface area contributed by atoms with Gasteiger partial charge < -0.3 is 24.5 Å². The second kappa shape index (κ2) is 7.40. The minimum Gasteiger partial charge on any atom is -0.508 e. The number of aryl methyl sites for hydroxylation is 1. The number of aliphatic hydroxyl groups is 2. The smallest absolute Gasteiger partial charge is 0.336 e. The van der Waals surface area contributed by atoms with E-state index in [0.29, 0.717) is 12.2 Å². The zero-order chi connectivity index (χ0) is 16.1. The first kappa shape index (κ1) is 16.5. The number of hydrogen-bond acceptors (Lipinski definition) is 6. The molecule has 1 aromatic carbocycles. The molecule has 6 heteroatoms. The Bertz CT molecular complexity index is 678. The molecule has 0 saturated carbocycles. The Morgan fingerprint density at radius 3 is 2.73 bits per heavy atom. The Kier molecular flexibility index (Phi) is 5.54. The maximum atomic E-state index is 11.0. The number of rotatable bonds is 1. The van der Waals surface area contributed by atoms with E-state index in [9.17, 15) is 4.79 Å². The maximum absolute atomic E-state index is 11.0. The Balaban J connectivity index is 0.000000172. The van der Waals surface area contributed by atoms with Crippen LogP contribution in [0.2, 0.25) is 0 Å². The zero-order valence-corrected chi connectivity index (χ0v) is 12.4. The van der Waals surface area contributed by atoms with Crippen LogP contribution < -0.4 is 5.63 Å². The third-order valence-electron chi connectivity index (χ3n) is 3.52. The van der Waals surface area contributed by atoms with Crippen LogP contribution in [0.5, 0.6) is 5.75 Å². The van der Waals surface area contributed by atoms with Crippen molar-refractivity contribution in [2.24, 2.45) is 0 Å². The topological polar surface area (TPSA) is 100 Å². The van der Waals surface area contributed by atoms with Gasteiger partial charge in [0, 0.05) is 24.1 Å². The average molecular weight is 308 g/mol. The number of aromatic hydroxyl groups is 1. The molecule has 1 fully saturated rings. The van der Waals surface area contributed by atoms with Gasteiger partial charge in [-0.3, -0.25) is 0 Å². The molecule has 0 radical (unpaired) electrons. The summed E-state index contributed by atoms with van der Waals surface area (Å²) in [6, 6.07) is 6.15. The van der Waals surface area contributed by atoms with Crippen molar-refractivity contribution in [1.29, 1.82) is 0 Å². The molecule has 3 N–H and O–H groups in total. The van der Waals surface area contributed by atoms with E-state index in [0.717, 1.165) is 23.8 Å². The van der Waals surface area contributed by atoms with Crippen LogP contribution in [-0.2, 0) is 4.74 Å². The van der Waals surface area contributed by atoms with E-state index < -0.39 is 11.7 Å². The summed E-state index contributed by atoms with van der Waals surface area (Å²) in [5.41, 5.74) is 0.881. The van der Waals surface area contributed by atoms with Gasteiger partial charge in [-0.25, -0.2) is 4.79 Å². The van der Waals surface area contributed by atoms with Gasteiger partial charge in [0.25, 0.3) is 0 Å². The number of phenols is 1. The molecule has 1 aliphatic rings. The summed E-state index contributed by atoms with van der Waals surface area (Å²) in [7, 11) is 0. The first-order valence-electron chi connectivity index (χ1n) is 7.15. The van der Waals surface area contributed by atoms with Gasteiger partial charge in [0.2, 0.25) is 0 Å². The van der Waals surface area contributed by atoms with Crippen LogP contribution in [0.15, 0.2) is 33.5 Å². The van der Waals surface area contributed by atoms with Gasteiger partial charge in [-0.1, -0.05) is 0 Å². The molecule has 3 rings (SSSR count). The number of aliphatic hydroxyl groups excluding tert-OH is 2. The SMILES string of the molecule is Cc1cc(=O)oc2cc(O)ccc12.OCC1OCCCC1O. The molecule has 0 amide bonds. The molecule has 120 valence electrons. The van der Waals surface area contributed by atoms with Crippen LogP contribution in [0.1, 0.15) is 18.4 Å². The third-order valence-corrected chi connectivity index (χ3v) is 3.52. The van der Waals surface area contributed by atoms with Crippen molar-refractivity contribution in [3.8, 4) is 5.75 Å². The summed E-state index contributed by atoms with van der Waals surface area (Å²) in [5, 5.41) is 27.7. The van der Waals surface area contributed by atoms with Crippen LogP contribution in [0.4, 0.5) is 0 Å². The molecule has 1 aromatic heterocycles. The van der Waals surface area contributed by atoms with E-state index in [-0.39, 0.29) is 18.5 Å². The second-order valence-corrected chi connectivity index (χ2v) is 5.23. The lowest BCUT2D eigenvalue weighted by molar-refractivity contribution is -0.0942. The molecule has 2 atom stereocenters. The molecule has 2 heterocycles. The monoisotopic (exact) mass is 308 g/mol. The number of fused-ring (bicyclic) bond motifs is 1. The second-order valence-electron chi connectivity index (χ2n) is 5.23. The molecule has 2 unspecified atom stereocenters. The first-order valence-corrected chi connectivity index (χ1v) is 7.15. The minimum atomic E-state index is -0.455. The lowest BCUT2D eigenvalue weighted by Gasteiger charge is -2.25. The van der Waals surface area contributed by atoms with Crippen LogP contribution in [0.3, 0.4) is 0 Å². The molecule has 6 nitrogen and oxygen atoms in total. The lowest BCUT2D eigenvalue weighted by atomic mass is 10.1. The summed E-state index contributed by atoms with van der Waals surface area (Å²) in [6.45, 7) is 2.43. The van der Waals surface area contributed by atoms with E-state index in [1.807, 2.05) is 6.92 Å². The number of phenolic OH excluding ortho intramolecular Hbond substituents is 1. The van der Waals surface area contributed by atoms with Crippen molar-refractivity contribution in [2.75, 3.05) is 13.2 Å². The molecular weight excluding hydrogens is 288 g/mol. The molecule has 0 aliphatic carbocycles. The van der Waals surface area contributed by atoms with Gasteiger partial charge in [-0.2, -0.15) is 0 Å². The fraction of sp³-hybridized carbons (Fsp3) is 0.438. The molecule has 0 spiro atoms. The van der Waals surface area contributed by atoms with Crippen LogP contribution in [0, 0.1) is 6.92 Å². The normalized spacial score (nSPS) is 21.2. The maximum Gasteiger partial charge on any atom is 0.336 e. The summed E-state index contributed by atoms with van der Waals surface area (Å²) >= 11 is 0. The van der Waals surface area contributed by atoms with Gasteiger partial charge in [0.15, 0.2) is 0 Å². The predicted octanol–water partition coefficient (Wildman–Crippen LogP) is 1.33. The fourth-order valence-electron chi connectivity index (χ4n) is 2.31. The Morgan fingerprint density at radius 2 is 2.09 bits per heavy atom. The number of benzene rings is 1. The van der Waals surface area contributed by atoms with E-state index in [1.165, 1.54) is 12.1 Å².